The number of para-hydroxylation sites is 1. The summed E-state index contributed by atoms with van der Waals surface area (Å²) in [5.41, 5.74) is 0.664. The molecule has 4 nitrogen and oxygen atoms in total. The van der Waals surface area contributed by atoms with E-state index in [1.165, 1.54) is 12.8 Å². The summed E-state index contributed by atoms with van der Waals surface area (Å²) in [6.45, 7) is 0.646. The molecular formula is C13H16O4. The molecular weight excluding hydrogens is 220 g/mol. The van der Waals surface area contributed by atoms with Crippen molar-refractivity contribution in [2.24, 2.45) is 5.92 Å². The van der Waals surface area contributed by atoms with Crippen LogP contribution in [0, 0.1) is 5.92 Å². The largest absolute Gasteiger partial charge is 0.493 e. The van der Waals surface area contributed by atoms with Gasteiger partial charge in [0.05, 0.1) is 20.1 Å². The van der Waals surface area contributed by atoms with Gasteiger partial charge in [0.15, 0.2) is 11.5 Å². The molecule has 0 atom stereocenters. The van der Waals surface area contributed by atoms with E-state index in [4.69, 9.17) is 14.6 Å². The van der Waals surface area contributed by atoms with Gasteiger partial charge in [-0.2, -0.15) is 0 Å². The number of rotatable bonds is 6. The minimum absolute atomic E-state index is 0.0444. The number of carboxylic acids is 1. The molecule has 1 aliphatic carbocycles. The summed E-state index contributed by atoms with van der Waals surface area (Å²) >= 11 is 0. The molecule has 0 aromatic heterocycles. The van der Waals surface area contributed by atoms with Gasteiger partial charge in [-0.1, -0.05) is 12.1 Å². The van der Waals surface area contributed by atoms with Crippen LogP contribution in [0.2, 0.25) is 0 Å². The third kappa shape index (κ3) is 3.12. The molecule has 0 aliphatic heterocycles. The van der Waals surface area contributed by atoms with Crippen molar-refractivity contribution in [2.75, 3.05) is 13.7 Å². The van der Waals surface area contributed by atoms with Crippen LogP contribution in [0.4, 0.5) is 0 Å². The second kappa shape index (κ2) is 5.08. The summed E-state index contributed by atoms with van der Waals surface area (Å²) in [7, 11) is 1.56. The van der Waals surface area contributed by atoms with Gasteiger partial charge in [-0.15, -0.1) is 0 Å². The molecule has 1 N–H and O–H groups in total. The van der Waals surface area contributed by atoms with E-state index < -0.39 is 5.97 Å². The van der Waals surface area contributed by atoms with E-state index in [1.54, 1.807) is 25.3 Å². The van der Waals surface area contributed by atoms with E-state index in [9.17, 15) is 4.79 Å². The Morgan fingerprint density at radius 3 is 2.82 bits per heavy atom. The lowest BCUT2D eigenvalue weighted by atomic mass is 10.1. The normalized spacial score (nSPS) is 14.4. The Morgan fingerprint density at radius 1 is 1.47 bits per heavy atom. The molecule has 92 valence electrons. The predicted octanol–water partition coefficient (Wildman–Crippen LogP) is 2.11. The number of ether oxygens (including phenoxy) is 2. The van der Waals surface area contributed by atoms with Crippen LogP contribution in [-0.2, 0) is 11.2 Å². The van der Waals surface area contributed by atoms with Crippen molar-refractivity contribution in [3.05, 3.63) is 23.8 Å². The standard InChI is InChI=1S/C13H16O4/c1-16-11-4-2-3-10(7-12(14)15)13(11)17-8-9-5-6-9/h2-4,9H,5-8H2,1H3,(H,14,15). The van der Waals surface area contributed by atoms with E-state index in [2.05, 4.69) is 0 Å². The van der Waals surface area contributed by atoms with Crippen molar-refractivity contribution in [1.82, 2.24) is 0 Å². The highest BCUT2D eigenvalue weighted by Crippen LogP contribution is 2.35. The smallest absolute Gasteiger partial charge is 0.307 e. The Kier molecular flexibility index (Phi) is 3.52. The zero-order chi connectivity index (χ0) is 12.3. The van der Waals surface area contributed by atoms with Gasteiger partial charge in [0.1, 0.15) is 0 Å². The number of benzene rings is 1. The van der Waals surface area contributed by atoms with E-state index >= 15 is 0 Å². The summed E-state index contributed by atoms with van der Waals surface area (Å²) < 4.78 is 10.9. The molecule has 1 aromatic carbocycles. The van der Waals surface area contributed by atoms with Gasteiger partial charge in [-0.05, 0) is 24.8 Å². The Morgan fingerprint density at radius 2 is 2.24 bits per heavy atom. The molecule has 17 heavy (non-hydrogen) atoms. The van der Waals surface area contributed by atoms with Gasteiger partial charge in [-0.3, -0.25) is 4.79 Å². The van der Waals surface area contributed by atoms with Crippen molar-refractivity contribution in [3.63, 3.8) is 0 Å². The SMILES string of the molecule is COc1cccc(CC(=O)O)c1OCC1CC1. The number of hydrogen-bond acceptors (Lipinski definition) is 3. The first-order chi connectivity index (χ1) is 8.20. The van der Waals surface area contributed by atoms with Crippen LogP contribution in [-0.4, -0.2) is 24.8 Å². The highest BCUT2D eigenvalue weighted by Gasteiger charge is 2.23. The molecule has 0 heterocycles. The fourth-order valence-electron chi connectivity index (χ4n) is 1.67. The van der Waals surface area contributed by atoms with E-state index in [1.807, 2.05) is 0 Å². The molecule has 0 bridgehead atoms. The fourth-order valence-corrected chi connectivity index (χ4v) is 1.67. The second-order valence-electron chi connectivity index (χ2n) is 4.27. The Hall–Kier alpha value is -1.71. The Labute approximate surface area is 100 Å². The number of hydrogen-bond donors (Lipinski definition) is 1. The van der Waals surface area contributed by atoms with E-state index in [0.717, 1.165) is 0 Å². The van der Waals surface area contributed by atoms with Gasteiger partial charge in [0, 0.05) is 5.56 Å². The Balaban J connectivity index is 2.18. The van der Waals surface area contributed by atoms with Crippen LogP contribution < -0.4 is 9.47 Å². The van der Waals surface area contributed by atoms with Crippen molar-refractivity contribution in [3.8, 4) is 11.5 Å². The first kappa shape index (κ1) is 11.8. The average molecular weight is 236 g/mol. The fraction of sp³-hybridized carbons (Fsp3) is 0.462. The predicted molar refractivity (Wildman–Crippen MR) is 62.6 cm³/mol. The molecule has 0 spiro atoms. The van der Waals surface area contributed by atoms with Crippen LogP contribution >= 0.6 is 0 Å². The molecule has 4 heteroatoms. The van der Waals surface area contributed by atoms with Gasteiger partial charge in [-0.25, -0.2) is 0 Å². The Bertz CT molecular complexity index is 410. The molecule has 2 rings (SSSR count). The number of carboxylic acid groups (broad SMARTS) is 1. The van der Waals surface area contributed by atoms with Crippen LogP contribution in [0.5, 0.6) is 11.5 Å². The van der Waals surface area contributed by atoms with Crippen molar-refractivity contribution < 1.29 is 19.4 Å². The van der Waals surface area contributed by atoms with Gasteiger partial charge in [0.25, 0.3) is 0 Å². The van der Waals surface area contributed by atoms with Crippen molar-refractivity contribution >= 4 is 5.97 Å². The van der Waals surface area contributed by atoms with E-state index in [-0.39, 0.29) is 6.42 Å². The van der Waals surface area contributed by atoms with Crippen LogP contribution in [0.15, 0.2) is 18.2 Å². The molecule has 0 unspecified atom stereocenters. The zero-order valence-electron chi connectivity index (χ0n) is 9.81. The lowest BCUT2D eigenvalue weighted by molar-refractivity contribution is -0.136. The first-order valence-corrected chi connectivity index (χ1v) is 5.71. The summed E-state index contributed by atoms with van der Waals surface area (Å²) in [4.78, 5) is 10.8. The summed E-state index contributed by atoms with van der Waals surface area (Å²) in [6, 6.07) is 5.33. The maximum atomic E-state index is 10.8. The molecule has 1 aliphatic rings. The maximum absolute atomic E-state index is 10.8. The highest BCUT2D eigenvalue weighted by molar-refractivity contribution is 5.72. The van der Waals surface area contributed by atoms with Gasteiger partial charge < -0.3 is 14.6 Å². The minimum atomic E-state index is -0.866. The summed E-state index contributed by atoms with van der Waals surface area (Å²) in [5, 5.41) is 8.85. The minimum Gasteiger partial charge on any atom is -0.493 e. The lowest BCUT2D eigenvalue weighted by Gasteiger charge is -2.13. The maximum Gasteiger partial charge on any atom is 0.307 e. The summed E-state index contributed by atoms with van der Waals surface area (Å²) in [6.07, 6.45) is 2.35. The molecule has 1 aromatic rings. The number of carbonyl (C=O) groups is 1. The second-order valence-corrected chi connectivity index (χ2v) is 4.27. The highest BCUT2D eigenvalue weighted by atomic mass is 16.5. The summed E-state index contributed by atoms with van der Waals surface area (Å²) in [5.74, 6) is 0.931. The third-order valence-electron chi connectivity index (χ3n) is 2.78. The quantitative estimate of drug-likeness (QED) is 0.821. The van der Waals surface area contributed by atoms with Crippen molar-refractivity contribution in [1.29, 1.82) is 0 Å². The lowest BCUT2D eigenvalue weighted by Crippen LogP contribution is -2.07. The van der Waals surface area contributed by atoms with Gasteiger partial charge >= 0.3 is 5.97 Å². The number of methoxy groups -OCH3 is 1. The number of aliphatic carboxylic acids is 1. The van der Waals surface area contributed by atoms with Crippen molar-refractivity contribution in [2.45, 2.75) is 19.3 Å². The molecule has 1 saturated carbocycles. The topological polar surface area (TPSA) is 55.8 Å². The van der Waals surface area contributed by atoms with Gasteiger partial charge in [0.2, 0.25) is 0 Å². The van der Waals surface area contributed by atoms with Crippen LogP contribution in [0.25, 0.3) is 0 Å². The molecule has 0 radical (unpaired) electrons. The monoisotopic (exact) mass is 236 g/mol. The first-order valence-electron chi connectivity index (χ1n) is 5.71. The molecule has 0 amide bonds. The molecule has 1 fully saturated rings. The van der Waals surface area contributed by atoms with E-state index in [0.29, 0.717) is 29.6 Å². The van der Waals surface area contributed by atoms with Crippen LogP contribution in [0.3, 0.4) is 0 Å². The average Bonchev–Trinajstić information content (AvgIpc) is 3.10. The zero-order valence-corrected chi connectivity index (χ0v) is 9.81. The molecule has 0 saturated heterocycles. The van der Waals surface area contributed by atoms with Crippen LogP contribution in [0.1, 0.15) is 18.4 Å². The third-order valence-corrected chi connectivity index (χ3v) is 2.78.